The van der Waals surface area contributed by atoms with Gasteiger partial charge in [-0.2, -0.15) is 0 Å². The molecule has 0 aromatic carbocycles. The molecule has 0 unspecified atom stereocenters. The number of hydrogen-bond donors (Lipinski definition) is 2. The summed E-state index contributed by atoms with van der Waals surface area (Å²) >= 11 is 5.27. The summed E-state index contributed by atoms with van der Waals surface area (Å²) < 4.78 is 0. The van der Waals surface area contributed by atoms with Crippen molar-refractivity contribution in [1.29, 1.82) is 0 Å². The third-order valence-electron chi connectivity index (χ3n) is 3.66. The van der Waals surface area contributed by atoms with E-state index < -0.39 is 0 Å². The number of pyridine rings is 1. The Labute approximate surface area is 133 Å². The van der Waals surface area contributed by atoms with Gasteiger partial charge in [0.1, 0.15) is 5.82 Å². The number of rotatable bonds is 4. The van der Waals surface area contributed by atoms with Crippen LogP contribution < -0.4 is 15.5 Å². The fraction of sp³-hybridized carbons (Fsp3) is 0.625. The van der Waals surface area contributed by atoms with Crippen molar-refractivity contribution in [3.63, 3.8) is 0 Å². The molecule has 1 aliphatic heterocycles. The largest absolute Gasteiger partial charge is 0.362 e. The predicted molar refractivity (Wildman–Crippen MR) is 93.9 cm³/mol. The quantitative estimate of drug-likeness (QED) is 0.836. The smallest absolute Gasteiger partial charge is 0.170 e. The van der Waals surface area contributed by atoms with Crippen molar-refractivity contribution in [2.45, 2.75) is 33.6 Å². The summed E-state index contributed by atoms with van der Waals surface area (Å²) in [5.41, 5.74) is 0.935. The lowest BCUT2D eigenvalue weighted by Crippen LogP contribution is -2.34. The molecule has 1 saturated heterocycles. The van der Waals surface area contributed by atoms with Crippen LogP contribution in [-0.2, 0) is 0 Å². The van der Waals surface area contributed by atoms with E-state index in [1.54, 1.807) is 0 Å². The van der Waals surface area contributed by atoms with Gasteiger partial charge >= 0.3 is 0 Å². The van der Waals surface area contributed by atoms with Gasteiger partial charge in [-0.1, -0.05) is 20.8 Å². The van der Waals surface area contributed by atoms with Crippen molar-refractivity contribution in [3.05, 3.63) is 18.3 Å². The van der Waals surface area contributed by atoms with E-state index in [0.29, 0.717) is 11.0 Å². The second-order valence-corrected chi connectivity index (χ2v) is 6.74. The highest BCUT2D eigenvalue weighted by Gasteiger charge is 2.17. The molecule has 1 atom stereocenters. The first-order chi connectivity index (χ1) is 10.0. The maximum atomic E-state index is 5.27. The Hall–Kier alpha value is -1.36. The molecule has 0 bridgehead atoms. The monoisotopic (exact) mass is 306 g/mol. The van der Waals surface area contributed by atoms with Crippen molar-refractivity contribution in [2.75, 3.05) is 29.9 Å². The highest BCUT2D eigenvalue weighted by molar-refractivity contribution is 7.80. The van der Waals surface area contributed by atoms with Crippen molar-refractivity contribution in [3.8, 4) is 0 Å². The molecule has 2 N–H and O–H groups in total. The Morgan fingerprint density at radius 3 is 2.90 bits per heavy atom. The summed E-state index contributed by atoms with van der Waals surface area (Å²) in [6.07, 6.45) is 4.44. The molecule has 4 nitrogen and oxygen atoms in total. The molecule has 0 spiro atoms. The summed E-state index contributed by atoms with van der Waals surface area (Å²) in [6.45, 7) is 9.72. The topological polar surface area (TPSA) is 40.2 Å². The molecule has 0 radical (unpaired) electrons. The van der Waals surface area contributed by atoms with E-state index in [9.17, 15) is 0 Å². The summed E-state index contributed by atoms with van der Waals surface area (Å²) in [7, 11) is 0. The standard InChI is InChI=1S/C16H26N4S/c1-12(2)9-18-16(21)19-14-6-7-15(17-10-14)20-8-4-5-13(3)11-20/h6-7,10,12-13H,4-5,8-9,11H2,1-3H3,(H2,18,19,21)/t13-/m1/s1. The number of anilines is 2. The van der Waals surface area contributed by atoms with Crippen molar-refractivity contribution < 1.29 is 0 Å². The van der Waals surface area contributed by atoms with Crippen LogP contribution in [0, 0.1) is 11.8 Å². The van der Waals surface area contributed by atoms with Gasteiger partial charge < -0.3 is 15.5 Å². The average molecular weight is 306 g/mol. The summed E-state index contributed by atoms with van der Waals surface area (Å²) in [4.78, 5) is 6.93. The Morgan fingerprint density at radius 2 is 2.29 bits per heavy atom. The fourth-order valence-corrected chi connectivity index (χ4v) is 2.72. The van der Waals surface area contributed by atoms with Gasteiger partial charge in [-0.25, -0.2) is 4.98 Å². The van der Waals surface area contributed by atoms with Crippen molar-refractivity contribution >= 4 is 28.8 Å². The van der Waals surface area contributed by atoms with Gasteiger partial charge in [0.05, 0.1) is 11.9 Å². The molecule has 1 fully saturated rings. The van der Waals surface area contributed by atoms with Gasteiger partial charge in [-0.05, 0) is 49.0 Å². The molecular weight excluding hydrogens is 280 g/mol. The zero-order valence-electron chi connectivity index (χ0n) is 13.2. The number of hydrogen-bond acceptors (Lipinski definition) is 3. The fourth-order valence-electron chi connectivity index (χ4n) is 2.52. The van der Waals surface area contributed by atoms with E-state index in [1.807, 2.05) is 12.3 Å². The SMILES string of the molecule is CC(C)CNC(=S)Nc1ccc(N2CCC[C@@H](C)C2)nc1. The summed E-state index contributed by atoms with van der Waals surface area (Å²) in [6, 6.07) is 4.12. The third-order valence-corrected chi connectivity index (χ3v) is 3.90. The minimum atomic E-state index is 0.575. The molecule has 1 aromatic rings. The van der Waals surface area contributed by atoms with Crippen LogP contribution in [0.5, 0.6) is 0 Å². The van der Waals surface area contributed by atoms with Gasteiger partial charge in [0.15, 0.2) is 5.11 Å². The predicted octanol–water partition coefficient (Wildman–Crippen LogP) is 3.26. The molecule has 0 aliphatic carbocycles. The first-order valence-corrected chi connectivity index (χ1v) is 8.21. The van der Waals surface area contributed by atoms with Crippen LogP contribution in [0.1, 0.15) is 33.6 Å². The number of nitrogens with one attached hydrogen (secondary N) is 2. The van der Waals surface area contributed by atoms with E-state index in [1.165, 1.54) is 12.8 Å². The van der Waals surface area contributed by atoms with Crippen LogP contribution in [0.2, 0.25) is 0 Å². The molecule has 0 saturated carbocycles. The zero-order valence-corrected chi connectivity index (χ0v) is 14.0. The second kappa shape index (κ2) is 7.59. The van der Waals surface area contributed by atoms with Crippen LogP contribution in [-0.4, -0.2) is 29.7 Å². The van der Waals surface area contributed by atoms with E-state index in [0.717, 1.165) is 37.1 Å². The van der Waals surface area contributed by atoms with Crippen LogP contribution in [0.3, 0.4) is 0 Å². The Bertz CT molecular complexity index is 458. The molecule has 2 rings (SSSR count). The molecule has 1 aliphatic rings. The van der Waals surface area contributed by atoms with E-state index in [2.05, 4.69) is 47.4 Å². The highest BCUT2D eigenvalue weighted by Crippen LogP contribution is 2.21. The Morgan fingerprint density at radius 1 is 1.48 bits per heavy atom. The number of aromatic nitrogens is 1. The van der Waals surface area contributed by atoms with Gasteiger partial charge in [0, 0.05) is 19.6 Å². The minimum Gasteiger partial charge on any atom is -0.362 e. The number of piperidine rings is 1. The molecule has 116 valence electrons. The van der Waals surface area contributed by atoms with E-state index in [-0.39, 0.29) is 0 Å². The first kappa shape index (κ1) is 16.0. The van der Waals surface area contributed by atoms with Crippen molar-refractivity contribution in [2.24, 2.45) is 11.8 Å². The number of thiocarbonyl (C=S) groups is 1. The van der Waals surface area contributed by atoms with Crippen LogP contribution >= 0.6 is 12.2 Å². The van der Waals surface area contributed by atoms with Gasteiger partial charge in [0.25, 0.3) is 0 Å². The van der Waals surface area contributed by atoms with Gasteiger partial charge in [-0.15, -0.1) is 0 Å². The molecule has 0 amide bonds. The highest BCUT2D eigenvalue weighted by atomic mass is 32.1. The second-order valence-electron chi connectivity index (χ2n) is 6.33. The maximum Gasteiger partial charge on any atom is 0.170 e. The Balaban J connectivity index is 1.88. The van der Waals surface area contributed by atoms with Gasteiger partial charge in [0.2, 0.25) is 0 Å². The molecular formula is C16H26N4S. The van der Waals surface area contributed by atoms with Crippen LogP contribution in [0.15, 0.2) is 18.3 Å². The lowest BCUT2D eigenvalue weighted by atomic mass is 10.0. The molecule has 21 heavy (non-hydrogen) atoms. The van der Waals surface area contributed by atoms with Crippen molar-refractivity contribution in [1.82, 2.24) is 10.3 Å². The molecule has 5 heteroatoms. The third kappa shape index (κ3) is 5.16. The number of nitrogens with zero attached hydrogens (tertiary/aromatic N) is 2. The minimum absolute atomic E-state index is 0.575. The average Bonchev–Trinajstić information content (AvgIpc) is 2.46. The molecule has 1 aromatic heterocycles. The summed E-state index contributed by atoms with van der Waals surface area (Å²) in [5, 5.41) is 7.03. The molecule has 2 heterocycles. The van der Waals surface area contributed by atoms with Crippen LogP contribution in [0.4, 0.5) is 11.5 Å². The lowest BCUT2D eigenvalue weighted by molar-refractivity contribution is 0.444. The van der Waals surface area contributed by atoms with Gasteiger partial charge in [-0.3, -0.25) is 0 Å². The zero-order chi connectivity index (χ0) is 15.2. The van der Waals surface area contributed by atoms with E-state index in [4.69, 9.17) is 12.2 Å². The normalized spacial score (nSPS) is 18.7. The lowest BCUT2D eigenvalue weighted by Gasteiger charge is -2.31. The Kier molecular flexibility index (Phi) is 5.79. The first-order valence-electron chi connectivity index (χ1n) is 7.80. The summed E-state index contributed by atoms with van der Waals surface area (Å²) in [5.74, 6) is 2.39. The van der Waals surface area contributed by atoms with Crippen LogP contribution in [0.25, 0.3) is 0 Å². The van der Waals surface area contributed by atoms with E-state index >= 15 is 0 Å². The maximum absolute atomic E-state index is 5.27.